The summed E-state index contributed by atoms with van der Waals surface area (Å²) < 4.78 is 6.87. The summed E-state index contributed by atoms with van der Waals surface area (Å²) in [5.74, 6) is -0.711. The van der Waals surface area contributed by atoms with E-state index in [9.17, 15) is 14.7 Å². The number of anilines is 1. The minimum absolute atomic E-state index is 0.124. The molecular formula is C26H25N3O4S. The normalized spacial score (nSPS) is 19.8. The molecule has 34 heavy (non-hydrogen) atoms. The van der Waals surface area contributed by atoms with Crippen LogP contribution in [0.1, 0.15) is 55.0 Å². The minimum atomic E-state index is -1.83. The molecule has 0 amide bonds. The van der Waals surface area contributed by atoms with Gasteiger partial charge in [0.2, 0.25) is 0 Å². The van der Waals surface area contributed by atoms with Crippen molar-refractivity contribution in [3.8, 4) is 11.4 Å². The number of ether oxygens (including phenoxy) is 1. The van der Waals surface area contributed by atoms with Crippen LogP contribution in [0.25, 0.3) is 28.4 Å². The van der Waals surface area contributed by atoms with E-state index in [1.165, 1.54) is 0 Å². The number of aryl methyl sites for hydroxylation is 1. The van der Waals surface area contributed by atoms with Gasteiger partial charge in [0, 0.05) is 27.5 Å². The maximum atomic E-state index is 13.5. The third-order valence-corrected chi connectivity index (χ3v) is 7.94. The molecule has 5 heterocycles. The van der Waals surface area contributed by atoms with Crippen molar-refractivity contribution in [1.29, 1.82) is 0 Å². The van der Waals surface area contributed by atoms with Crippen LogP contribution >= 0.6 is 11.8 Å². The van der Waals surface area contributed by atoms with Crippen molar-refractivity contribution in [3.05, 3.63) is 55.7 Å². The van der Waals surface area contributed by atoms with Crippen LogP contribution in [0.2, 0.25) is 0 Å². The monoisotopic (exact) mass is 475 g/mol. The number of nitrogens with zero attached hydrogens (tertiary/aromatic N) is 2. The summed E-state index contributed by atoms with van der Waals surface area (Å²) in [6.45, 7) is 8.30. The van der Waals surface area contributed by atoms with Crippen molar-refractivity contribution < 1.29 is 14.6 Å². The van der Waals surface area contributed by atoms with E-state index in [0.717, 1.165) is 43.9 Å². The Hall–Kier alpha value is -3.10. The Kier molecular flexibility index (Phi) is 4.54. The summed E-state index contributed by atoms with van der Waals surface area (Å²) in [6, 6.07) is 4.15. The van der Waals surface area contributed by atoms with E-state index in [-0.39, 0.29) is 18.6 Å². The molecule has 3 aromatic rings. The van der Waals surface area contributed by atoms with Gasteiger partial charge in [0.15, 0.2) is 5.60 Å². The van der Waals surface area contributed by atoms with E-state index in [4.69, 9.17) is 9.72 Å². The van der Waals surface area contributed by atoms with E-state index in [1.54, 1.807) is 29.3 Å². The standard InChI is InChI=1S/C26H25N3O4S/c1-5-26(32)17-9-19-22-15(10-29(19)24(30)16(17)11-33-25(26)31)14-6-7-34-23-20(14)18(28-22)8-13(4)21(23)27-12(2)3/h6-9,12,27,32H,5,10-11H2,1-4H3/t26-/m0/s1. The highest BCUT2D eigenvalue weighted by atomic mass is 32.2. The fraction of sp³-hybridized carbons (Fsp3) is 0.346. The molecule has 2 aromatic heterocycles. The Morgan fingerprint density at radius 1 is 1.29 bits per heavy atom. The molecule has 3 aliphatic rings. The summed E-state index contributed by atoms with van der Waals surface area (Å²) in [5.41, 5.74) is 5.12. The van der Waals surface area contributed by atoms with Crippen LogP contribution in [-0.4, -0.2) is 26.7 Å². The Balaban J connectivity index is 1.64. The molecule has 7 nitrogen and oxygen atoms in total. The molecule has 0 radical (unpaired) electrons. The number of cyclic esters (lactones) is 1. The molecule has 3 aliphatic heterocycles. The number of thioether (sulfide) groups is 1. The molecule has 174 valence electrons. The quantitative estimate of drug-likeness (QED) is 0.427. The second-order valence-electron chi connectivity index (χ2n) is 9.47. The van der Waals surface area contributed by atoms with Gasteiger partial charge < -0.3 is 19.7 Å². The number of carbonyl (C=O) groups is 1. The Morgan fingerprint density at radius 2 is 2.09 bits per heavy atom. The van der Waals surface area contributed by atoms with E-state index >= 15 is 0 Å². The lowest BCUT2D eigenvalue weighted by Gasteiger charge is -2.31. The number of benzene rings is 1. The van der Waals surface area contributed by atoms with Crippen LogP contribution in [0.4, 0.5) is 5.69 Å². The summed E-state index contributed by atoms with van der Waals surface area (Å²) in [4.78, 5) is 32.1. The number of nitrogens with one attached hydrogen (secondary N) is 1. The number of aromatic nitrogens is 2. The van der Waals surface area contributed by atoms with Gasteiger partial charge in [-0.1, -0.05) is 18.7 Å². The smallest absolute Gasteiger partial charge is 0.343 e. The van der Waals surface area contributed by atoms with Crippen molar-refractivity contribution in [2.45, 2.75) is 63.8 Å². The number of fused-ring (bicyclic) bond motifs is 5. The number of hydrogen-bond donors (Lipinski definition) is 2. The van der Waals surface area contributed by atoms with E-state index in [1.807, 2.05) is 0 Å². The van der Waals surface area contributed by atoms with Crippen LogP contribution in [0, 0.1) is 6.92 Å². The Morgan fingerprint density at radius 3 is 2.82 bits per heavy atom. The number of esters is 1. The average Bonchev–Trinajstić information content (AvgIpc) is 3.18. The zero-order valence-corrected chi connectivity index (χ0v) is 20.3. The van der Waals surface area contributed by atoms with Crippen molar-refractivity contribution in [1.82, 2.24) is 9.55 Å². The van der Waals surface area contributed by atoms with Gasteiger partial charge in [-0.25, -0.2) is 9.78 Å². The largest absolute Gasteiger partial charge is 0.458 e. The third kappa shape index (κ3) is 2.72. The zero-order chi connectivity index (χ0) is 23.9. The van der Waals surface area contributed by atoms with Gasteiger partial charge in [-0.15, -0.1) is 0 Å². The van der Waals surface area contributed by atoms with Gasteiger partial charge in [0.1, 0.15) is 6.61 Å². The fourth-order valence-corrected chi connectivity index (χ4v) is 6.32. The molecule has 2 N–H and O–H groups in total. The van der Waals surface area contributed by atoms with Crippen molar-refractivity contribution >= 4 is 40.4 Å². The first kappa shape index (κ1) is 21.4. The van der Waals surface area contributed by atoms with E-state index < -0.39 is 11.6 Å². The number of aliphatic hydroxyl groups is 1. The minimum Gasteiger partial charge on any atom is -0.458 e. The predicted molar refractivity (Wildman–Crippen MR) is 133 cm³/mol. The summed E-state index contributed by atoms with van der Waals surface area (Å²) in [5, 5.41) is 17.9. The van der Waals surface area contributed by atoms with Crippen LogP contribution < -0.4 is 10.9 Å². The lowest BCUT2D eigenvalue weighted by atomic mass is 9.86. The van der Waals surface area contributed by atoms with Crippen LogP contribution in [0.15, 0.2) is 27.2 Å². The highest BCUT2D eigenvalue weighted by Crippen LogP contribution is 2.47. The second kappa shape index (κ2) is 7.20. The molecule has 0 saturated carbocycles. The molecule has 0 aliphatic carbocycles. The van der Waals surface area contributed by atoms with Gasteiger partial charge in [-0.2, -0.15) is 0 Å². The van der Waals surface area contributed by atoms with E-state index in [2.05, 4.69) is 43.6 Å². The number of carbonyl (C=O) groups excluding carboxylic acids is 1. The third-order valence-electron chi connectivity index (χ3n) is 7.03. The molecule has 0 spiro atoms. The summed E-state index contributed by atoms with van der Waals surface area (Å²) in [7, 11) is 0. The van der Waals surface area contributed by atoms with Crippen LogP contribution in [-0.2, 0) is 28.3 Å². The maximum absolute atomic E-state index is 13.5. The lowest BCUT2D eigenvalue weighted by Crippen LogP contribution is -2.44. The SMILES string of the molecule is CC[C@@]1(O)C(=O)OCc2c1cc1n(c2=O)Cc2c-1nc1cc(C)c(NC(C)C)c3c1c2C=CS3. The first-order chi connectivity index (χ1) is 16.2. The first-order valence-corrected chi connectivity index (χ1v) is 12.4. The summed E-state index contributed by atoms with van der Waals surface area (Å²) >= 11 is 1.68. The van der Waals surface area contributed by atoms with Crippen molar-refractivity contribution in [2.75, 3.05) is 5.32 Å². The van der Waals surface area contributed by atoms with Gasteiger partial charge in [0.05, 0.1) is 34.7 Å². The average molecular weight is 476 g/mol. The van der Waals surface area contributed by atoms with E-state index in [0.29, 0.717) is 29.4 Å². The first-order valence-electron chi connectivity index (χ1n) is 11.5. The molecule has 1 atom stereocenters. The molecule has 1 aromatic carbocycles. The van der Waals surface area contributed by atoms with Gasteiger partial charge in [-0.05, 0) is 61.9 Å². The Bertz CT molecular complexity index is 1520. The predicted octanol–water partition coefficient (Wildman–Crippen LogP) is 4.28. The van der Waals surface area contributed by atoms with Crippen LogP contribution in [0.5, 0.6) is 0 Å². The number of pyridine rings is 2. The maximum Gasteiger partial charge on any atom is 0.343 e. The van der Waals surface area contributed by atoms with Crippen LogP contribution in [0.3, 0.4) is 0 Å². The van der Waals surface area contributed by atoms with Crippen molar-refractivity contribution in [2.24, 2.45) is 0 Å². The molecule has 0 saturated heterocycles. The highest BCUT2D eigenvalue weighted by molar-refractivity contribution is 8.02. The second-order valence-corrected chi connectivity index (χ2v) is 10.4. The van der Waals surface area contributed by atoms with Crippen molar-refractivity contribution in [3.63, 3.8) is 0 Å². The highest BCUT2D eigenvalue weighted by Gasteiger charge is 2.45. The molecular weight excluding hydrogens is 450 g/mol. The zero-order valence-electron chi connectivity index (χ0n) is 19.5. The number of hydrogen-bond acceptors (Lipinski definition) is 7. The molecule has 0 fully saturated rings. The fourth-order valence-electron chi connectivity index (χ4n) is 5.31. The van der Waals surface area contributed by atoms with Gasteiger partial charge >= 0.3 is 5.97 Å². The topological polar surface area (TPSA) is 93.5 Å². The molecule has 0 bridgehead atoms. The molecule has 6 rings (SSSR count). The molecule has 0 unspecified atom stereocenters. The van der Waals surface area contributed by atoms with Gasteiger partial charge in [-0.3, -0.25) is 4.79 Å². The number of rotatable bonds is 3. The summed E-state index contributed by atoms with van der Waals surface area (Å²) in [6.07, 6.45) is 2.22. The lowest BCUT2D eigenvalue weighted by molar-refractivity contribution is -0.172. The Labute approximate surface area is 200 Å². The molecule has 8 heteroatoms. The van der Waals surface area contributed by atoms with Gasteiger partial charge in [0.25, 0.3) is 5.56 Å².